The molecule has 0 bridgehead atoms. The molecule has 2 N–H and O–H groups in total. The zero-order valence-corrected chi connectivity index (χ0v) is 11.4. The Labute approximate surface area is 107 Å². The molecular formula is C12H22N2O4. The minimum atomic E-state index is -1.21. The quantitative estimate of drug-likeness (QED) is 0.668. The van der Waals surface area contributed by atoms with Gasteiger partial charge in [0.2, 0.25) is 0 Å². The lowest BCUT2D eigenvalue weighted by atomic mass is 9.87. The molecule has 6 nitrogen and oxygen atoms in total. The third-order valence-corrected chi connectivity index (χ3v) is 4.14. The SMILES string of the molecule is CCC1(C(=O)O)C[N@+](C(=O)[O-])(C(C)(C)C)CCN1. The summed E-state index contributed by atoms with van der Waals surface area (Å²) in [7, 11) is 0. The Morgan fingerprint density at radius 1 is 1.44 bits per heavy atom. The zero-order chi connectivity index (χ0) is 14.2. The third-order valence-electron chi connectivity index (χ3n) is 4.14. The maximum Gasteiger partial charge on any atom is 0.329 e. The summed E-state index contributed by atoms with van der Waals surface area (Å²) in [6.07, 6.45) is -0.867. The standard InChI is InChI=1S/C12H22N2O4/c1-5-12(9(15)16)8-14(10(17)18,7-6-13-12)11(2,3)4/h13H,5-8H2,1-4H3,(H-,15,16,17,18)/t12?,14-/m1/s1. The van der Waals surface area contributed by atoms with Crippen LogP contribution in [0, 0.1) is 0 Å². The monoisotopic (exact) mass is 258 g/mol. The molecule has 1 heterocycles. The molecule has 1 unspecified atom stereocenters. The number of carboxylic acid groups (broad SMARTS) is 2. The summed E-state index contributed by atoms with van der Waals surface area (Å²) in [6, 6.07) is 0. The second-order valence-corrected chi connectivity index (χ2v) is 5.95. The molecule has 1 fully saturated rings. The Bertz CT molecular complexity index is 364. The van der Waals surface area contributed by atoms with Crippen LogP contribution < -0.4 is 10.4 Å². The first-order valence-corrected chi connectivity index (χ1v) is 6.18. The lowest BCUT2D eigenvalue weighted by molar-refractivity contribution is -0.925. The molecule has 1 saturated heterocycles. The fraction of sp³-hybridized carbons (Fsp3) is 0.833. The second kappa shape index (κ2) is 4.51. The Morgan fingerprint density at radius 3 is 2.33 bits per heavy atom. The van der Waals surface area contributed by atoms with Gasteiger partial charge in [-0.2, -0.15) is 0 Å². The van der Waals surface area contributed by atoms with E-state index < -0.39 is 23.1 Å². The first kappa shape index (κ1) is 14.9. The molecule has 1 rings (SSSR count). The van der Waals surface area contributed by atoms with E-state index in [0.29, 0.717) is 19.5 Å². The van der Waals surface area contributed by atoms with Gasteiger partial charge in [0.1, 0.15) is 6.54 Å². The van der Waals surface area contributed by atoms with Crippen LogP contribution in [0.1, 0.15) is 34.1 Å². The molecule has 1 aliphatic heterocycles. The van der Waals surface area contributed by atoms with Gasteiger partial charge in [-0.15, -0.1) is 0 Å². The van der Waals surface area contributed by atoms with Crippen molar-refractivity contribution in [3.8, 4) is 0 Å². The number of piperazine rings is 1. The molecular weight excluding hydrogens is 236 g/mol. The van der Waals surface area contributed by atoms with Crippen molar-refractivity contribution in [2.24, 2.45) is 0 Å². The average Bonchev–Trinajstić information content (AvgIpc) is 2.26. The molecule has 0 aromatic carbocycles. The van der Waals surface area contributed by atoms with Crippen LogP contribution in [-0.2, 0) is 4.79 Å². The maximum absolute atomic E-state index is 11.6. The Morgan fingerprint density at radius 2 is 2.00 bits per heavy atom. The zero-order valence-electron chi connectivity index (χ0n) is 11.4. The highest BCUT2D eigenvalue weighted by molar-refractivity contribution is 5.79. The van der Waals surface area contributed by atoms with E-state index >= 15 is 0 Å². The van der Waals surface area contributed by atoms with Gasteiger partial charge in [-0.05, 0) is 27.2 Å². The molecule has 0 aliphatic carbocycles. The van der Waals surface area contributed by atoms with Crippen molar-refractivity contribution in [3.05, 3.63) is 0 Å². The number of hydrogen-bond donors (Lipinski definition) is 2. The van der Waals surface area contributed by atoms with Crippen molar-refractivity contribution in [3.63, 3.8) is 0 Å². The summed E-state index contributed by atoms with van der Waals surface area (Å²) in [4.78, 5) is 23.0. The molecule has 0 aromatic rings. The van der Waals surface area contributed by atoms with Crippen LogP contribution in [-0.4, -0.2) is 52.4 Å². The van der Waals surface area contributed by atoms with Gasteiger partial charge in [-0.25, -0.2) is 4.79 Å². The Kier molecular flexibility index (Phi) is 3.74. The summed E-state index contributed by atoms with van der Waals surface area (Å²) in [5.41, 5.74) is -1.79. The predicted octanol–water partition coefficient (Wildman–Crippen LogP) is -0.218. The van der Waals surface area contributed by atoms with Crippen LogP contribution in [0.3, 0.4) is 0 Å². The summed E-state index contributed by atoms with van der Waals surface area (Å²) >= 11 is 0. The molecule has 0 saturated carbocycles. The van der Waals surface area contributed by atoms with E-state index in [1.807, 2.05) is 0 Å². The van der Waals surface area contributed by atoms with Crippen LogP contribution in [0.4, 0.5) is 4.79 Å². The number of rotatable bonds is 2. The van der Waals surface area contributed by atoms with Gasteiger partial charge in [-0.3, -0.25) is 9.80 Å². The average molecular weight is 258 g/mol. The number of hydrogen-bond acceptors (Lipinski definition) is 4. The summed E-state index contributed by atoms with van der Waals surface area (Å²) < 4.78 is -0.333. The van der Waals surface area contributed by atoms with E-state index in [1.54, 1.807) is 27.7 Å². The minimum absolute atomic E-state index is 0.00463. The van der Waals surface area contributed by atoms with E-state index in [9.17, 15) is 19.8 Å². The number of nitrogens with zero attached hydrogens (tertiary/aromatic N) is 1. The molecule has 104 valence electrons. The van der Waals surface area contributed by atoms with Gasteiger partial charge < -0.3 is 15.0 Å². The van der Waals surface area contributed by atoms with E-state index in [0.717, 1.165) is 0 Å². The molecule has 1 amide bonds. The van der Waals surface area contributed by atoms with Crippen LogP contribution in [0.2, 0.25) is 0 Å². The van der Waals surface area contributed by atoms with Crippen molar-refractivity contribution < 1.29 is 24.3 Å². The van der Waals surface area contributed by atoms with Gasteiger partial charge in [0, 0.05) is 6.54 Å². The van der Waals surface area contributed by atoms with E-state index in [-0.39, 0.29) is 11.0 Å². The number of quaternary nitrogens is 1. The number of nitrogens with one attached hydrogen (secondary N) is 1. The topological polar surface area (TPSA) is 89.5 Å². The summed E-state index contributed by atoms with van der Waals surface area (Å²) in [5, 5.41) is 23.9. The van der Waals surface area contributed by atoms with Crippen LogP contribution >= 0.6 is 0 Å². The predicted molar refractivity (Wildman–Crippen MR) is 63.8 cm³/mol. The first-order valence-electron chi connectivity index (χ1n) is 6.18. The van der Waals surface area contributed by atoms with Crippen molar-refractivity contribution in [2.45, 2.75) is 45.2 Å². The van der Waals surface area contributed by atoms with Crippen molar-refractivity contribution in [1.29, 1.82) is 0 Å². The van der Waals surface area contributed by atoms with E-state index in [2.05, 4.69) is 5.32 Å². The first-order chi connectivity index (χ1) is 8.11. The number of carbonyl (C=O) groups excluding carboxylic acids is 1. The Balaban J connectivity index is 3.24. The molecule has 0 spiro atoms. The lowest BCUT2D eigenvalue weighted by Crippen LogP contribution is -2.79. The minimum Gasteiger partial charge on any atom is -0.498 e. The molecule has 1 aliphatic rings. The number of amides is 1. The third kappa shape index (κ3) is 2.10. The molecule has 0 radical (unpaired) electrons. The van der Waals surface area contributed by atoms with Crippen LogP contribution in [0.25, 0.3) is 0 Å². The van der Waals surface area contributed by atoms with Crippen LogP contribution in [0.15, 0.2) is 0 Å². The normalized spacial score (nSPS) is 33.1. The molecule has 2 atom stereocenters. The Hall–Kier alpha value is -1.14. The number of aliphatic carboxylic acids is 1. The smallest absolute Gasteiger partial charge is 0.329 e. The molecule has 6 heteroatoms. The molecule has 0 aromatic heterocycles. The van der Waals surface area contributed by atoms with Gasteiger partial charge in [-0.1, -0.05) is 6.92 Å². The highest BCUT2D eigenvalue weighted by Crippen LogP contribution is 2.31. The van der Waals surface area contributed by atoms with Gasteiger partial charge in [0.15, 0.2) is 5.54 Å². The van der Waals surface area contributed by atoms with Crippen molar-refractivity contribution in [1.82, 2.24) is 5.32 Å². The molecule has 18 heavy (non-hydrogen) atoms. The van der Waals surface area contributed by atoms with E-state index in [1.165, 1.54) is 0 Å². The van der Waals surface area contributed by atoms with Crippen LogP contribution in [0.5, 0.6) is 0 Å². The fourth-order valence-corrected chi connectivity index (χ4v) is 2.62. The highest BCUT2D eigenvalue weighted by Gasteiger charge is 2.54. The van der Waals surface area contributed by atoms with Gasteiger partial charge in [0.25, 0.3) is 6.09 Å². The second-order valence-electron chi connectivity index (χ2n) is 5.95. The number of carboxylic acids is 1. The fourth-order valence-electron chi connectivity index (χ4n) is 2.62. The lowest BCUT2D eigenvalue weighted by Gasteiger charge is -2.54. The van der Waals surface area contributed by atoms with Gasteiger partial charge in [0.05, 0.1) is 12.1 Å². The maximum atomic E-state index is 11.6. The van der Waals surface area contributed by atoms with Crippen molar-refractivity contribution in [2.75, 3.05) is 19.6 Å². The van der Waals surface area contributed by atoms with Crippen molar-refractivity contribution >= 4 is 12.1 Å². The largest absolute Gasteiger partial charge is 0.498 e. The summed E-state index contributed by atoms with van der Waals surface area (Å²) in [5.74, 6) is -1.00. The number of carbonyl (C=O) groups is 2. The van der Waals surface area contributed by atoms with E-state index in [4.69, 9.17) is 0 Å². The highest BCUT2D eigenvalue weighted by atomic mass is 16.4. The van der Waals surface area contributed by atoms with Gasteiger partial charge >= 0.3 is 5.97 Å². The summed E-state index contributed by atoms with van der Waals surface area (Å²) in [6.45, 7) is 7.85.